The second kappa shape index (κ2) is 6.33. The fraction of sp³-hybridized carbons (Fsp3) is 0.182. The maximum atomic E-state index is 11.6. The van der Waals surface area contributed by atoms with Crippen molar-refractivity contribution in [1.29, 1.82) is 5.26 Å². The number of hydrogen-bond acceptors (Lipinski definition) is 4. The standard InChI is InChI=1S/C11H9BrN2O2S/c1-14-11(16)9(5-13)10(15)3-2-8-4-7(12)6-17-8/h2-4,6,9H,1H3,(H,14,16). The zero-order chi connectivity index (χ0) is 12.8. The highest BCUT2D eigenvalue weighted by Gasteiger charge is 2.22. The zero-order valence-electron chi connectivity index (χ0n) is 8.94. The largest absolute Gasteiger partial charge is 0.358 e. The number of amides is 1. The van der Waals surface area contributed by atoms with Crippen LogP contribution in [0.25, 0.3) is 6.08 Å². The van der Waals surface area contributed by atoms with Crippen molar-refractivity contribution in [2.24, 2.45) is 5.92 Å². The van der Waals surface area contributed by atoms with Gasteiger partial charge in [-0.3, -0.25) is 9.59 Å². The number of carbonyl (C=O) groups is 2. The second-order valence-electron chi connectivity index (χ2n) is 3.08. The lowest BCUT2D eigenvalue weighted by Crippen LogP contribution is -2.31. The smallest absolute Gasteiger partial charge is 0.245 e. The minimum Gasteiger partial charge on any atom is -0.358 e. The number of rotatable bonds is 4. The fourth-order valence-corrected chi connectivity index (χ4v) is 2.41. The van der Waals surface area contributed by atoms with Crippen LogP contribution < -0.4 is 5.32 Å². The van der Waals surface area contributed by atoms with Crippen molar-refractivity contribution in [3.8, 4) is 6.07 Å². The topological polar surface area (TPSA) is 70.0 Å². The van der Waals surface area contributed by atoms with E-state index in [2.05, 4.69) is 21.2 Å². The second-order valence-corrected chi connectivity index (χ2v) is 4.94. The van der Waals surface area contributed by atoms with Crippen LogP contribution in [0.2, 0.25) is 0 Å². The van der Waals surface area contributed by atoms with E-state index in [1.165, 1.54) is 24.5 Å². The normalized spacial score (nSPS) is 12.1. The molecule has 0 spiro atoms. The third-order valence-corrected chi connectivity index (χ3v) is 3.58. The first kappa shape index (κ1) is 13.6. The molecular formula is C11H9BrN2O2S. The summed E-state index contributed by atoms with van der Waals surface area (Å²) in [7, 11) is 1.39. The maximum absolute atomic E-state index is 11.6. The molecule has 1 aromatic heterocycles. The third-order valence-electron chi connectivity index (χ3n) is 1.92. The van der Waals surface area contributed by atoms with E-state index < -0.39 is 17.6 Å². The Hall–Kier alpha value is -1.45. The molecule has 0 radical (unpaired) electrons. The lowest BCUT2D eigenvalue weighted by Gasteiger charge is -2.02. The maximum Gasteiger partial charge on any atom is 0.245 e. The molecule has 0 saturated carbocycles. The molecule has 0 aromatic carbocycles. The lowest BCUT2D eigenvalue weighted by atomic mass is 10.0. The van der Waals surface area contributed by atoms with Crippen molar-refractivity contribution >= 4 is 45.0 Å². The van der Waals surface area contributed by atoms with Crippen molar-refractivity contribution in [2.45, 2.75) is 0 Å². The monoisotopic (exact) mass is 312 g/mol. The number of nitrogens with zero attached hydrogens (tertiary/aromatic N) is 1. The highest BCUT2D eigenvalue weighted by molar-refractivity contribution is 9.10. The van der Waals surface area contributed by atoms with Gasteiger partial charge in [-0.2, -0.15) is 5.26 Å². The number of allylic oxidation sites excluding steroid dienone is 1. The number of hydrogen-bond donors (Lipinski definition) is 1. The molecule has 1 unspecified atom stereocenters. The van der Waals surface area contributed by atoms with E-state index in [0.717, 1.165) is 9.35 Å². The number of nitriles is 1. The summed E-state index contributed by atoms with van der Waals surface area (Å²) >= 11 is 4.75. The Labute approximate surface area is 111 Å². The Morgan fingerprint density at radius 3 is 2.82 bits per heavy atom. The molecule has 17 heavy (non-hydrogen) atoms. The highest BCUT2D eigenvalue weighted by Crippen LogP contribution is 2.20. The van der Waals surface area contributed by atoms with Gasteiger partial charge in [0.25, 0.3) is 0 Å². The van der Waals surface area contributed by atoms with Crippen molar-refractivity contribution in [2.75, 3.05) is 7.05 Å². The van der Waals surface area contributed by atoms with Gasteiger partial charge in [0.05, 0.1) is 6.07 Å². The van der Waals surface area contributed by atoms with E-state index in [0.29, 0.717) is 0 Å². The quantitative estimate of drug-likeness (QED) is 0.682. The van der Waals surface area contributed by atoms with Crippen LogP contribution in [-0.2, 0) is 9.59 Å². The Morgan fingerprint density at radius 2 is 2.35 bits per heavy atom. The van der Waals surface area contributed by atoms with E-state index in [-0.39, 0.29) is 0 Å². The predicted molar refractivity (Wildman–Crippen MR) is 69.2 cm³/mol. The van der Waals surface area contributed by atoms with Crippen LogP contribution in [0.4, 0.5) is 0 Å². The summed E-state index contributed by atoms with van der Waals surface area (Å²) in [6.07, 6.45) is 2.84. The molecule has 1 amide bonds. The molecule has 0 saturated heterocycles. The first-order valence-electron chi connectivity index (χ1n) is 4.65. The molecule has 0 aliphatic carbocycles. The first-order chi connectivity index (χ1) is 8.08. The lowest BCUT2D eigenvalue weighted by molar-refractivity contribution is -0.129. The Morgan fingerprint density at radius 1 is 1.65 bits per heavy atom. The Bertz CT molecular complexity index is 502. The van der Waals surface area contributed by atoms with E-state index >= 15 is 0 Å². The van der Waals surface area contributed by atoms with Gasteiger partial charge in [0, 0.05) is 21.8 Å². The molecule has 0 aliphatic rings. The minimum atomic E-state index is -1.28. The van der Waals surface area contributed by atoms with Crippen molar-refractivity contribution in [3.05, 3.63) is 26.9 Å². The minimum absolute atomic E-state index is 0.517. The van der Waals surface area contributed by atoms with Gasteiger partial charge in [-0.05, 0) is 34.1 Å². The molecule has 1 atom stereocenters. The van der Waals surface area contributed by atoms with E-state index in [1.54, 1.807) is 12.1 Å². The summed E-state index contributed by atoms with van der Waals surface area (Å²) in [5.74, 6) is -2.38. The van der Waals surface area contributed by atoms with Gasteiger partial charge in [0.15, 0.2) is 11.7 Å². The summed E-state index contributed by atoms with van der Waals surface area (Å²) in [6, 6.07) is 3.52. The summed E-state index contributed by atoms with van der Waals surface area (Å²) in [5, 5.41) is 12.9. The summed E-state index contributed by atoms with van der Waals surface area (Å²) in [5.41, 5.74) is 0. The van der Waals surface area contributed by atoms with E-state index in [9.17, 15) is 9.59 Å². The van der Waals surface area contributed by atoms with E-state index in [4.69, 9.17) is 5.26 Å². The number of ketones is 1. The van der Waals surface area contributed by atoms with Gasteiger partial charge in [0.1, 0.15) is 0 Å². The summed E-state index contributed by atoms with van der Waals surface area (Å²) < 4.78 is 0.928. The predicted octanol–water partition coefficient (Wildman–Crippen LogP) is 1.98. The molecule has 1 rings (SSSR count). The molecule has 1 aromatic rings. The highest BCUT2D eigenvalue weighted by atomic mass is 79.9. The third kappa shape index (κ3) is 3.80. The summed E-state index contributed by atoms with van der Waals surface area (Å²) in [6.45, 7) is 0. The van der Waals surface area contributed by atoms with Crippen molar-refractivity contribution in [3.63, 3.8) is 0 Å². The summed E-state index contributed by atoms with van der Waals surface area (Å²) in [4.78, 5) is 23.7. The van der Waals surface area contributed by atoms with Crippen LogP contribution in [0.3, 0.4) is 0 Å². The van der Waals surface area contributed by atoms with Gasteiger partial charge in [-0.25, -0.2) is 0 Å². The van der Waals surface area contributed by atoms with Crippen LogP contribution in [0, 0.1) is 17.2 Å². The fourth-order valence-electron chi connectivity index (χ4n) is 1.07. The first-order valence-corrected chi connectivity index (χ1v) is 6.33. The zero-order valence-corrected chi connectivity index (χ0v) is 11.3. The van der Waals surface area contributed by atoms with Gasteiger partial charge in [-0.15, -0.1) is 11.3 Å². The molecule has 88 valence electrons. The SMILES string of the molecule is CNC(=O)C(C#N)C(=O)C=Cc1cc(Br)cs1. The number of halogens is 1. The van der Waals surface area contributed by atoms with Gasteiger partial charge in [-0.1, -0.05) is 0 Å². The molecule has 0 fully saturated rings. The average Bonchev–Trinajstić information content (AvgIpc) is 2.73. The van der Waals surface area contributed by atoms with Crippen LogP contribution in [-0.4, -0.2) is 18.7 Å². The van der Waals surface area contributed by atoms with Crippen LogP contribution in [0.15, 0.2) is 22.0 Å². The van der Waals surface area contributed by atoms with Crippen LogP contribution in [0.1, 0.15) is 4.88 Å². The molecule has 6 heteroatoms. The van der Waals surface area contributed by atoms with Crippen LogP contribution in [0.5, 0.6) is 0 Å². The number of nitrogens with one attached hydrogen (secondary N) is 1. The molecule has 1 N–H and O–H groups in total. The van der Waals surface area contributed by atoms with Crippen molar-refractivity contribution < 1.29 is 9.59 Å². The van der Waals surface area contributed by atoms with Crippen LogP contribution >= 0.6 is 27.3 Å². The van der Waals surface area contributed by atoms with Crippen molar-refractivity contribution in [1.82, 2.24) is 5.32 Å². The number of carbonyl (C=O) groups excluding carboxylic acids is 2. The molecule has 1 heterocycles. The molecular weight excluding hydrogens is 304 g/mol. The van der Waals surface area contributed by atoms with Gasteiger partial charge >= 0.3 is 0 Å². The Balaban J connectivity index is 2.75. The van der Waals surface area contributed by atoms with Gasteiger partial charge in [0.2, 0.25) is 5.91 Å². The molecule has 4 nitrogen and oxygen atoms in total. The van der Waals surface area contributed by atoms with E-state index in [1.807, 2.05) is 11.4 Å². The average molecular weight is 313 g/mol. The molecule has 0 aliphatic heterocycles. The Kier molecular flexibility index (Phi) is 5.07. The number of thiophene rings is 1. The van der Waals surface area contributed by atoms with Gasteiger partial charge < -0.3 is 5.32 Å². The molecule has 0 bridgehead atoms.